The van der Waals surface area contributed by atoms with Gasteiger partial charge < -0.3 is 23.7 Å². The fraction of sp³-hybridized carbons (Fsp3) is 0.714. The second kappa shape index (κ2) is 9.07. The molecule has 12 heteroatoms. The maximum Gasteiger partial charge on any atom is 0.303 e. The average Bonchev–Trinajstić information content (AvgIpc) is 2.44. The van der Waals surface area contributed by atoms with E-state index in [0.29, 0.717) is 0 Å². The van der Waals surface area contributed by atoms with Crippen molar-refractivity contribution in [1.82, 2.24) is 0 Å². The lowest BCUT2D eigenvalue weighted by Gasteiger charge is -2.43. The first-order valence-electron chi connectivity index (χ1n) is 7.32. The normalized spacial score (nSPS) is 28.7. The molecule has 0 bridgehead atoms. The molecule has 0 aromatic rings. The third-order valence-corrected chi connectivity index (χ3v) is 3.64. The summed E-state index contributed by atoms with van der Waals surface area (Å²) in [6, 6.07) is 0. The highest BCUT2D eigenvalue weighted by Gasteiger charge is 2.52. The zero-order valence-electron chi connectivity index (χ0n) is 14.3. The SMILES string of the molecule is CC(=O)O[C@@H]1[C@@H](OC(C)=O)[C@H](C)O[C@@H](OC(=N)C(Cl)(Cl)Cl)[C@@H]1OC(C)=O. The summed E-state index contributed by atoms with van der Waals surface area (Å²) in [5, 5.41) is 7.65. The lowest BCUT2D eigenvalue weighted by atomic mass is 9.99. The lowest BCUT2D eigenvalue weighted by molar-refractivity contribution is -0.284. The first kappa shape index (κ1) is 22.8. The molecule has 1 aliphatic rings. The van der Waals surface area contributed by atoms with Gasteiger partial charge in [0.1, 0.15) is 0 Å². The van der Waals surface area contributed by atoms with Gasteiger partial charge in [-0.15, -0.1) is 0 Å². The van der Waals surface area contributed by atoms with Gasteiger partial charge in [0.15, 0.2) is 12.2 Å². The largest absolute Gasteiger partial charge is 0.456 e. The van der Waals surface area contributed by atoms with Gasteiger partial charge in [0.25, 0.3) is 3.79 Å². The molecule has 0 unspecified atom stereocenters. The molecule has 26 heavy (non-hydrogen) atoms. The van der Waals surface area contributed by atoms with Gasteiger partial charge in [-0.1, -0.05) is 34.8 Å². The number of alkyl halides is 3. The Morgan fingerprint density at radius 2 is 1.27 bits per heavy atom. The number of hydrogen-bond acceptors (Lipinski definition) is 9. The molecule has 0 aromatic heterocycles. The van der Waals surface area contributed by atoms with Crippen molar-refractivity contribution in [3.05, 3.63) is 0 Å². The zero-order chi connectivity index (χ0) is 20.2. The van der Waals surface area contributed by atoms with E-state index in [1.54, 1.807) is 0 Å². The number of hydrogen-bond donors (Lipinski definition) is 1. The maximum atomic E-state index is 11.5. The summed E-state index contributed by atoms with van der Waals surface area (Å²) in [4.78, 5) is 34.3. The van der Waals surface area contributed by atoms with Crippen LogP contribution < -0.4 is 0 Å². The molecule has 9 nitrogen and oxygen atoms in total. The lowest BCUT2D eigenvalue weighted by Crippen LogP contribution is -2.61. The molecule has 1 aliphatic heterocycles. The predicted octanol–water partition coefficient (Wildman–Crippen LogP) is 1.89. The summed E-state index contributed by atoms with van der Waals surface area (Å²) in [5.74, 6) is -2.96. The fourth-order valence-electron chi connectivity index (χ4n) is 2.25. The Morgan fingerprint density at radius 3 is 1.69 bits per heavy atom. The molecule has 0 aliphatic carbocycles. The molecule has 0 amide bonds. The van der Waals surface area contributed by atoms with Crippen LogP contribution in [0.25, 0.3) is 0 Å². The van der Waals surface area contributed by atoms with Crippen molar-refractivity contribution < 1.29 is 38.1 Å². The zero-order valence-corrected chi connectivity index (χ0v) is 16.6. The van der Waals surface area contributed by atoms with Crippen molar-refractivity contribution in [3.8, 4) is 0 Å². The number of esters is 3. The highest BCUT2D eigenvalue weighted by atomic mass is 35.6. The Balaban J connectivity index is 3.21. The van der Waals surface area contributed by atoms with Crippen molar-refractivity contribution in [2.75, 3.05) is 0 Å². The van der Waals surface area contributed by atoms with Crippen molar-refractivity contribution >= 4 is 58.6 Å². The number of halogens is 3. The molecule has 0 spiro atoms. The molecular weight excluding hydrogens is 417 g/mol. The van der Waals surface area contributed by atoms with Crippen LogP contribution in [-0.4, -0.2) is 58.3 Å². The molecule has 1 heterocycles. The third-order valence-electron chi connectivity index (χ3n) is 3.12. The van der Waals surface area contributed by atoms with E-state index in [1.807, 2.05) is 0 Å². The van der Waals surface area contributed by atoms with Crippen LogP contribution in [0, 0.1) is 5.41 Å². The van der Waals surface area contributed by atoms with Gasteiger partial charge in [0, 0.05) is 20.8 Å². The van der Waals surface area contributed by atoms with E-state index in [4.69, 9.17) is 63.9 Å². The summed E-state index contributed by atoms with van der Waals surface area (Å²) in [5.41, 5.74) is 0. The summed E-state index contributed by atoms with van der Waals surface area (Å²) < 4.78 is 23.9. The van der Waals surface area contributed by atoms with Crippen LogP contribution in [0.5, 0.6) is 0 Å². The summed E-state index contributed by atoms with van der Waals surface area (Å²) >= 11 is 16.7. The Labute approximate surface area is 164 Å². The molecule has 0 saturated carbocycles. The fourth-order valence-corrected chi connectivity index (χ4v) is 2.38. The monoisotopic (exact) mass is 433 g/mol. The van der Waals surface area contributed by atoms with E-state index >= 15 is 0 Å². The van der Waals surface area contributed by atoms with Crippen LogP contribution >= 0.6 is 34.8 Å². The topological polar surface area (TPSA) is 121 Å². The minimum atomic E-state index is -2.20. The Morgan fingerprint density at radius 1 is 0.846 bits per heavy atom. The predicted molar refractivity (Wildman–Crippen MR) is 90.1 cm³/mol. The van der Waals surface area contributed by atoms with E-state index in [1.165, 1.54) is 6.92 Å². The third kappa shape index (κ3) is 6.46. The Kier molecular flexibility index (Phi) is 7.94. The maximum absolute atomic E-state index is 11.5. The van der Waals surface area contributed by atoms with Crippen LogP contribution in [0.2, 0.25) is 0 Å². The van der Waals surface area contributed by atoms with Crippen LogP contribution in [0.1, 0.15) is 27.7 Å². The minimum Gasteiger partial charge on any atom is -0.456 e. The number of carbonyl (C=O) groups is 3. The Bertz CT molecular complexity index is 579. The summed E-state index contributed by atoms with van der Waals surface area (Å²) in [7, 11) is 0. The minimum absolute atomic E-state index is 0.669. The van der Waals surface area contributed by atoms with Crippen molar-refractivity contribution in [2.24, 2.45) is 0 Å². The van der Waals surface area contributed by atoms with Gasteiger partial charge in [-0.2, -0.15) is 0 Å². The van der Waals surface area contributed by atoms with Crippen LogP contribution in [0.3, 0.4) is 0 Å². The van der Waals surface area contributed by atoms with E-state index < -0.39 is 58.3 Å². The quantitative estimate of drug-likeness (QED) is 0.234. The van der Waals surface area contributed by atoms with Crippen LogP contribution in [-0.2, 0) is 38.1 Å². The molecule has 1 N–H and O–H groups in total. The average molecular weight is 435 g/mol. The van der Waals surface area contributed by atoms with Gasteiger partial charge >= 0.3 is 17.9 Å². The summed E-state index contributed by atoms with van der Waals surface area (Å²) in [6.45, 7) is 4.87. The molecule has 0 aromatic carbocycles. The highest BCUT2D eigenvalue weighted by Crippen LogP contribution is 2.33. The molecule has 5 atom stereocenters. The van der Waals surface area contributed by atoms with Gasteiger partial charge in [0.05, 0.1) is 6.10 Å². The molecule has 148 valence electrons. The standard InChI is InChI=1S/C14H18Cl3NO8/c1-5-9(23-6(2)19)10(24-7(3)20)11(25-8(4)21)12(22-5)26-13(18)14(15,16)17/h5,9-12,18H,1-4H3/t5-,9-,10+,11+,12-/m0/s1. The smallest absolute Gasteiger partial charge is 0.303 e. The van der Waals surface area contributed by atoms with Crippen LogP contribution in [0.4, 0.5) is 0 Å². The van der Waals surface area contributed by atoms with Crippen molar-refractivity contribution in [3.63, 3.8) is 0 Å². The first-order chi connectivity index (χ1) is 11.8. The number of carbonyl (C=O) groups excluding carboxylic acids is 3. The van der Waals surface area contributed by atoms with E-state index in [-0.39, 0.29) is 0 Å². The van der Waals surface area contributed by atoms with E-state index in [9.17, 15) is 14.4 Å². The molecule has 1 rings (SSSR count). The first-order valence-corrected chi connectivity index (χ1v) is 8.45. The van der Waals surface area contributed by atoms with Gasteiger partial charge in [-0.05, 0) is 6.92 Å². The molecule has 1 fully saturated rings. The van der Waals surface area contributed by atoms with Gasteiger partial charge in [-0.3, -0.25) is 19.8 Å². The molecular formula is C14H18Cl3NO8. The second-order valence-corrected chi connectivity index (χ2v) is 7.66. The van der Waals surface area contributed by atoms with Crippen molar-refractivity contribution in [2.45, 2.75) is 62.2 Å². The van der Waals surface area contributed by atoms with Gasteiger partial charge in [-0.25, -0.2) is 0 Å². The summed E-state index contributed by atoms with van der Waals surface area (Å²) in [6.07, 6.45) is -6.05. The Hall–Kier alpha value is -1.29. The van der Waals surface area contributed by atoms with E-state index in [0.717, 1.165) is 20.8 Å². The van der Waals surface area contributed by atoms with Gasteiger partial charge in [0.2, 0.25) is 18.3 Å². The van der Waals surface area contributed by atoms with E-state index in [2.05, 4.69) is 0 Å². The highest BCUT2D eigenvalue weighted by molar-refractivity contribution is 6.76. The molecule has 0 radical (unpaired) electrons. The number of ether oxygens (including phenoxy) is 5. The van der Waals surface area contributed by atoms with Crippen molar-refractivity contribution in [1.29, 1.82) is 5.41 Å². The second-order valence-electron chi connectivity index (χ2n) is 5.38. The number of rotatable bonds is 4. The number of nitrogens with one attached hydrogen (secondary N) is 1. The molecule has 1 saturated heterocycles. The van der Waals surface area contributed by atoms with Crippen LogP contribution in [0.15, 0.2) is 0 Å².